The molecule has 2 amide bonds. The maximum Gasteiger partial charge on any atom is 0.433 e. The van der Waals surface area contributed by atoms with Crippen molar-refractivity contribution in [1.29, 1.82) is 0 Å². The molecular formula is C25H16F4N4O3S. The van der Waals surface area contributed by atoms with Crippen molar-refractivity contribution in [2.45, 2.75) is 18.7 Å². The standard InChI is InChI=1S/C25H16F4N4O3S/c26-14-8-6-13(7-9-14)16-11-17(36-33-16)23(35)32-20-19-15(12-4-2-1-3-5-12)10-18(25(27,28)29)31-24(19)37-21(20)22(30)34/h1-10,17H,11H2,(H2,30,34)(H,32,35). The zero-order chi connectivity index (χ0) is 26.3. The van der Waals surface area contributed by atoms with Gasteiger partial charge >= 0.3 is 6.18 Å². The minimum absolute atomic E-state index is 0.0491. The Morgan fingerprint density at radius 1 is 1.05 bits per heavy atom. The van der Waals surface area contributed by atoms with Gasteiger partial charge in [-0.1, -0.05) is 47.6 Å². The van der Waals surface area contributed by atoms with E-state index in [0.717, 1.165) is 6.07 Å². The highest BCUT2D eigenvalue weighted by Crippen LogP contribution is 2.43. The Balaban J connectivity index is 1.55. The Kier molecular flexibility index (Phi) is 6.12. The zero-order valence-corrected chi connectivity index (χ0v) is 19.5. The number of pyridine rings is 1. The molecule has 0 bridgehead atoms. The first-order valence-electron chi connectivity index (χ1n) is 10.8. The minimum Gasteiger partial charge on any atom is -0.382 e. The number of primary amides is 1. The number of hydrogen-bond donors (Lipinski definition) is 2. The van der Waals surface area contributed by atoms with E-state index in [9.17, 15) is 27.2 Å². The van der Waals surface area contributed by atoms with Crippen LogP contribution in [0.1, 0.15) is 27.3 Å². The fourth-order valence-electron chi connectivity index (χ4n) is 3.92. The van der Waals surface area contributed by atoms with Crippen molar-refractivity contribution in [3.63, 3.8) is 0 Å². The number of halogens is 4. The summed E-state index contributed by atoms with van der Waals surface area (Å²) in [5.74, 6) is -2.07. The third kappa shape index (κ3) is 4.75. The molecule has 188 valence electrons. The van der Waals surface area contributed by atoms with Gasteiger partial charge in [0.1, 0.15) is 21.2 Å². The lowest BCUT2D eigenvalue weighted by molar-refractivity contribution is -0.140. The Bertz CT molecular complexity index is 1550. The molecule has 3 heterocycles. The summed E-state index contributed by atoms with van der Waals surface area (Å²) in [5, 5.41) is 6.64. The van der Waals surface area contributed by atoms with Crippen LogP contribution in [-0.2, 0) is 15.8 Å². The number of rotatable bonds is 5. The molecule has 7 nitrogen and oxygen atoms in total. The predicted molar refractivity (Wildman–Crippen MR) is 130 cm³/mol. The molecule has 1 aliphatic rings. The van der Waals surface area contributed by atoms with Crippen LogP contribution in [0.2, 0.25) is 0 Å². The van der Waals surface area contributed by atoms with E-state index in [2.05, 4.69) is 15.5 Å². The second kappa shape index (κ2) is 9.28. The topological polar surface area (TPSA) is 107 Å². The van der Waals surface area contributed by atoms with E-state index in [1.165, 1.54) is 24.3 Å². The summed E-state index contributed by atoms with van der Waals surface area (Å²) in [6.07, 6.45) is -5.80. The minimum atomic E-state index is -4.75. The molecule has 1 atom stereocenters. The highest BCUT2D eigenvalue weighted by atomic mass is 32.1. The van der Waals surface area contributed by atoms with Crippen LogP contribution in [0.15, 0.2) is 65.8 Å². The van der Waals surface area contributed by atoms with Crippen molar-refractivity contribution in [3.05, 3.63) is 82.6 Å². The average Bonchev–Trinajstić information content (AvgIpc) is 3.50. The third-order valence-electron chi connectivity index (χ3n) is 5.65. The number of nitrogens with zero attached hydrogens (tertiary/aromatic N) is 2. The van der Waals surface area contributed by atoms with Gasteiger partial charge in [-0.3, -0.25) is 9.59 Å². The molecule has 5 rings (SSSR count). The molecule has 0 spiro atoms. The van der Waals surface area contributed by atoms with Gasteiger partial charge in [-0.25, -0.2) is 9.37 Å². The Hall–Kier alpha value is -4.32. The second-order valence-electron chi connectivity index (χ2n) is 8.10. The van der Waals surface area contributed by atoms with Crippen molar-refractivity contribution in [2.75, 3.05) is 5.32 Å². The van der Waals surface area contributed by atoms with E-state index in [-0.39, 0.29) is 32.8 Å². The first kappa shape index (κ1) is 24.4. The molecule has 0 saturated heterocycles. The van der Waals surface area contributed by atoms with Crippen molar-refractivity contribution in [1.82, 2.24) is 4.98 Å². The fraction of sp³-hybridized carbons (Fsp3) is 0.120. The van der Waals surface area contributed by atoms with Gasteiger partial charge in [0.2, 0.25) is 6.10 Å². The quantitative estimate of drug-likeness (QED) is 0.341. The number of hydrogen-bond acceptors (Lipinski definition) is 6. The molecule has 0 fully saturated rings. The van der Waals surface area contributed by atoms with Crippen LogP contribution in [0.25, 0.3) is 21.3 Å². The molecule has 0 radical (unpaired) electrons. The summed E-state index contributed by atoms with van der Waals surface area (Å²) >= 11 is 0.649. The van der Waals surface area contributed by atoms with Crippen LogP contribution in [0.4, 0.5) is 23.2 Å². The molecule has 12 heteroatoms. The number of aromatic nitrogens is 1. The van der Waals surface area contributed by atoms with Gasteiger partial charge in [0.25, 0.3) is 11.8 Å². The molecule has 3 N–H and O–H groups in total. The maximum absolute atomic E-state index is 13.6. The fourth-order valence-corrected chi connectivity index (χ4v) is 4.92. The van der Waals surface area contributed by atoms with Gasteiger partial charge in [0.15, 0.2) is 0 Å². The molecule has 4 aromatic rings. The second-order valence-corrected chi connectivity index (χ2v) is 9.10. The van der Waals surface area contributed by atoms with Gasteiger partial charge in [-0.15, -0.1) is 11.3 Å². The molecule has 1 aliphatic heterocycles. The van der Waals surface area contributed by atoms with E-state index in [4.69, 9.17) is 10.6 Å². The summed E-state index contributed by atoms with van der Waals surface area (Å²) in [6, 6.07) is 14.5. The van der Waals surface area contributed by atoms with Crippen molar-refractivity contribution < 1.29 is 32.0 Å². The van der Waals surface area contributed by atoms with Crippen LogP contribution < -0.4 is 11.1 Å². The summed E-state index contributed by atoms with van der Waals surface area (Å²) in [6.45, 7) is 0. The van der Waals surface area contributed by atoms with Crippen LogP contribution in [0.5, 0.6) is 0 Å². The number of oxime groups is 1. The van der Waals surface area contributed by atoms with E-state index in [1.54, 1.807) is 30.3 Å². The van der Waals surface area contributed by atoms with Crippen molar-refractivity contribution >= 4 is 44.8 Å². The number of nitrogens with two attached hydrogens (primary N) is 1. The van der Waals surface area contributed by atoms with Crippen LogP contribution in [-0.4, -0.2) is 28.6 Å². The number of anilines is 1. The van der Waals surface area contributed by atoms with Gasteiger partial charge < -0.3 is 15.9 Å². The smallest absolute Gasteiger partial charge is 0.382 e. The first-order chi connectivity index (χ1) is 17.6. The molecule has 37 heavy (non-hydrogen) atoms. The normalized spacial score (nSPS) is 15.4. The van der Waals surface area contributed by atoms with Gasteiger partial charge in [0, 0.05) is 11.8 Å². The van der Waals surface area contributed by atoms with Gasteiger partial charge in [-0.2, -0.15) is 13.2 Å². The number of benzene rings is 2. The van der Waals surface area contributed by atoms with Crippen molar-refractivity contribution in [2.24, 2.45) is 10.9 Å². The molecular weight excluding hydrogens is 512 g/mol. The highest BCUT2D eigenvalue weighted by molar-refractivity contribution is 7.21. The number of carbonyl (C=O) groups is 2. The Morgan fingerprint density at radius 3 is 2.41 bits per heavy atom. The van der Waals surface area contributed by atoms with Crippen molar-refractivity contribution in [3.8, 4) is 11.1 Å². The molecule has 0 aliphatic carbocycles. The monoisotopic (exact) mass is 528 g/mol. The molecule has 2 aromatic carbocycles. The first-order valence-corrected chi connectivity index (χ1v) is 11.6. The summed E-state index contributed by atoms with van der Waals surface area (Å²) in [5.41, 5.74) is 5.82. The number of carbonyl (C=O) groups excluding carboxylic acids is 2. The number of thiophene rings is 1. The van der Waals surface area contributed by atoms with Crippen LogP contribution >= 0.6 is 11.3 Å². The Morgan fingerprint density at radius 2 is 1.76 bits per heavy atom. The number of amides is 2. The van der Waals surface area contributed by atoms with E-state index in [1.807, 2.05) is 0 Å². The SMILES string of the molecule is NC(=O)c1sc2nc(C(F)(F)F)cc(-c3ccccc3)c2c1NC(=O)C1CC(c2ccc(F)cc2)=NO1. The Labute approximate surface area is 210 Å². The van der Waals surface area contributed by atoms with Gasteiger partial charge in [0.05, 0.1) is 11.4 Å². The van der Waals surface area contributed by atoms with E-state index >= 15 is 0 Å². The molecule has 1 unspecified atom stereocenters. The zero-order valence-electron chi connectivity index (χ0n) is 18.7. The lowest BCUT2D eigenvalue weighted by Crippen LogP contribution is -2.29. The van der Waals surface area contributed by atoms with E-state index in [0.29, 0.717) is 28.2 Å². The predicted octanol–water partition coefficient (Wildman–Crippen LogP) is 5.35. The largest absolute Gasteiger partial charge is 0.433 e. The average molecular weight is 528 g/mol. The molecule has 2 aromatic heterocycles. The number of nitrogens with one attached hydrogen (secondary N) is 1. The summed E-state index contributed by atoms with van der Waals surface area (Å²) in [7, 11) is 0. The van der Waals surface area contributed by atoms with Gasteiger partial charge in [-0.05, 0) is 34.9 Å². The van der Waals surface area contributed by atoms with Crippen LogP contribution in [0.3, 0.4) is 0 Å². The highest BCUT2D eigenvalue weighted by Gasteiger charge is 2.36. The lowest BCUT2D eigenvalue weighted by atomic mass is 10.0. The maximum atomic E-state index is 13.6. The summed E-state index contributed by atoms with van der Waals surface area (Å²) < 4.78 is 54.1. The van der Waals surface area contributed by atoms with Crippen LogP contribution in [0, 0.1) is 5.82 Å². The summed E-state index contributed by atoms with van der Waals surface area (Å²) in [4.78, 5) is 34.0. The molecule has 0 saturated carbocycles. The van der Waals surface area contributed by atoms with E-state index < -0.39 is 35.6 Å². The number of alkyl halides is 3. The number of fused-ring (bicyclic) bond motifs is 1. The third-order valence-corrected chi connectivity index (χ3v) is 6.75. The lowest BCUT2D eigenvalue weighted by Gasteiger charge is -2.13.